The van der Waals surface area contributed by atoms with Crippen LogP contribution in [0.5, 0.6) is 11.5 Å². The van der Waals surface area contributed by atoms with E-state index >= 15 is 0 Å². The van der Waals surface area contributed by atoms with E-state index in [2.05, 4.69) is 20.7 Å². The fraction of sp³-hybridized carbons (Fsp3) is 0.0833. The number of carbonyl (C=O) groups excluding carboxylic acids is 1. The molecule has 34 heavy (non-hydrogen) atoms. The number of thioether (sulfide) groups is 2. The second kappa shape index (κ2) is 12.6. The highest BCUT2D eigenvalue weighted by molar-refractivity contribution is 8.03. The van der Waals surface area contributed by atoms with Crippen molar-refractivity contribution in [1.82, 2.24) is 15.6 Å². The van der Waals surface area contributed by atoms with Crippen molar-refractivity contribution in [2.45, 2.75) is 14.4 Å². The Morgan fingerprint density at radius 2 is 1.71 bits per heavy atom. The van der Waals surface area contributed by atoms with Crippen molar-refractivity contribution in [3.05, 3.63) is 95.0 Å². The lowest BCUT2D eigenvalue weighted by Gasteiger charge is -2.05. The normalized spacial score (nSPS) is 11.0. The quantitative estimate of drug-likeness (QED) is 0.144. The van der Waals surface area contributed by atoms with Crippen molar-refractivity contribution < 1.29 is 9.53 Å². The summed E-state index contributed by atoms with van der Waals surface area (Å²) in [6, 6.07) is 24.7. The van der Waals surface area contributed by atoms with E-state index in [1.165, 1.54) is 23.1 Å². The Balaban J connectivity index is 1.21. The van der Waals surface area contributed by atoms with Crippen LogP contribution in [0, 0.1) is 0 Å². The molecule has 0 atom stereocenters. The van der Waals surface area contributed by atoms with Crippen molar-refractivity contribution in [3.63, 3.8) is 0 Å². The Bertz CT molecular complexity index is 1270. The minimum Gasteiger partial charge on any atom is -0.457 e. The predicted octanol–water partition coefficient (Wildman–Crippen LogP) is 6.52. The summed E-state index contributed by atoms with van der Waals surface area (Å²) < 4.78 is 7.37. The number of amides is 1. The number of ether oxygens (including phenoxy) is 1. The number of rotatable bonds is 10. The third-order valence-corrected chi connectivity index (χ3v) is 7.87. The number of carbonyl (C=O) groups is 1. The van der Waals surface area contributed by atoms with Crippen LogP contribution in [-0.2, 0) is 10.5 Å². The minimum absolute atomic E-state index is 0.193. The van der Waals surface area contributed by atoms with Crippen molar-refractivity contribution in [3.8, 4) is 11.5 Å². The molecule has 0 spiro atoms. The Morgan fingerprint density at radius 1 is 0.971 bits per heavy atom. The summed E-state index contributed by atoms with van der Waals surface area (Å²) in [6.45, 7) is 0. The molecule has 0 aliphatic rings. The Morgan fingerprint density at radius 3 is 2.53 bits per heavy atom. The average Bonchev–Trinajstić information content (AvgIpc) is 3.31. The first-order valence-corrected chi connectivity index (χ1v) is 13.3. The molecule has 6 nitrogen and oxygen atoms in total. The first-order chi connectivity index (χ1) is 16.7. The van der Waals surface area contributed by atoms with Crippen LogP contribution in [0.3, 0.4) is 0 Å². The van der Waals surface area contributed by atoms with Crippen LogP contribution >= 0.6 is 46.5 Å². The Hall–Kier alpha value is -2.85. The molecule has 0 aliphatic heterocycles. The first-order valence-electron chi connectivity index (χ1n) is 10.1. The largest absolute Gasteiger partial charge is 0.457 e. The van der Waals surface area contributed by atoms with E-state index in [1.54, 1.807) is 18.0 Å². The van der Waals surface area contributed by atoms with Crippen molar-refractivity contribution in [1.29, 1.82) is 0 Å². The highest BCUT2D eigenvalue weighted by atomic mass is 35.5. The molecule has 4 aromatic rings. The van der Waals surface area contributed by atoms with Gasteiger partial charge in [0, 0.05) is 10.8 Å². The number of benzene rings is 3. The molecule has 0 unspecified atom stereocenters. The fourth-order valence-corrected chi connectivity index (χ4v) is 5.79. The van der Waals surface area contributed by atoms with Gasteiger partial charge in [-0.05, 0) is 41.5 Å². The molecular weight excluding hydrogens is 508 g/mol. The summed E-state index contributed by atoms with van der Waals surface area (Å²) in [7, 11) is 0. The molecule has 0 bridgehead atoms. The van der Waals surface area contributed by atoms with Gasteiger partial charge in [-0.3, -0.25) is 4.79 Å². The monoisotopic (exact) mass is 526 g/mol. The highest BCUT2D eigenvalue weighted by Gasteiger charge is 2.09. The predicted molar refractivity (Wildman–Crippen MR) is 140 cm³/mol. The molecule has 4 rings (SSSR count). The summed E-state index contributed by atoms with van der Waals surface area (Å²) in [5.41, 5.74) is 4.40. The number of para-hydroxylation sites is 1. The maximum Gasteiger partial charge on any atom is 0.250 e. The average molecular weight is 527 g/mol. The zero-order valence-corrected chi connectivity index (χ0v) is 21.0. The van der Waals surface area contributed by atoms with Crippen molar-refractivity contribution in [2.24, 2.45) is 5.10 Å². The molecular formula is C24H19ClN4O2S3. The van der Waals surface area contributed by atoms with Gasteiger partial charge in [0.2, 0.25) is 0 Å². The number of halogens is 1. The van der Waals surface area contributed by atoms with Gasteiger partial charge in [-0.1, -0.05) is 95.0 Å². The number of hydrogen-bond donors (Lipinski definition) is 1. The minimum atomic E-state index is -0.224. The van der Waals surface area contributed by atoms with Gasteiger partial charge in [0.25, 0.3) is 5.91 Å². The molecule has 0 radical (unpaired) electrons. The van der Waals surface area contributed by atoms with Gasteiger partial charge in [-0.15, -0.1) is 10.2 Å². The van der Waals surface area contributed by atoms with Gasteiger partial charge in [0.15, 0.2) is 8.68 Å². The van der Waals surface area contributed by atoms with Crippen molar-refractivity contribution >= 4 is 58.6 Å². The van der Waals surface area contributed by atoms with Crippen LogP contribution in [-0.4, -0.2) is 28.1 Å². The maximum absolute atomic E-state index is 12.1. The van der Waals surface area contributed by atoms with Crippen LogP contribution < -0.4 is 10.2 Å². The van der Waals surface area contributed by atoms with Gasteiger partial charge in [-0.2, -0.15) is 5.10 Å². The number of aromatic nitrogens is 2. The number of hydrazone groups is 1. The molecule has 172 valence electrons. The Kier molecular flexibility index (Phi) is 8.97. The van der Waals surface area contributed by atoms with Gasteiger partial charge < -0.3 is 4.74 Å². The van der Waals surface area contributed by atoms with Crippen LogP contribution in [0.1, 0.15) is 11.1 Å². The molecule has 0 fully saturated rings. The molecule has 1 N–H and O–H groups in total. The summed E-state index contributed by atoms with van der Waals surface area (Å²) >= 11 is 10.5. The first kappa shape index (κ1) is 24.3. The van der Waals surface area contributed by atoms with E-state index in [1.807, 2.05) is 78.9 Å². The third-order valence-electron chi connectivity index (χ3n) is 4.26. The summed E-state index contributed by atoms with van der Waals surface area (Å²) in [5.74, 6) is 2.13. The summed E-state index contributed by atoms with van der Waals surface area (Å²) in [5, 5.41) is 13.1. The standard InChI is InChI=1S/C24H19ClN4O2S3/c25-21-12-5-4-8-18(21)15-32-23-28-29-24(34-23)33-16-22(30)27-26-14-17-7-6-11-20(13-17)31-19-9-2-1-3-10-19/h1-14H,15-16H2,(H,27,30)/b26-14+. The van der Waals surface area contributed by atoms with Gasteiger partial charge >= 0.3 is 0 Å². The zero-order chi connectivity index (χ0) is 23.6. The highest BCUT2D eigenvalue weighted by Crippen LogP contribution is 2.32. The lowest BCUT2D eigenvalue weighted by Crippen LogP contribution is -2.19. The van der Waals surface area contributed by atoms with Gasteiger partial charge in [0.05, 0.1) is 12.0 Å². The Labute approximate surface area is 214 Å². The zero-order valence-electron chi connectivity index (χ0n) is 17.8. The van der Waals surface area contributed by atoms with Crippen molar-refractivity contribution in [2.75, 3.05) is 5.75 Å². The number of nitrogens with one attached hydrogen (secondary N) is 1. The van der Waals surface area contributed by atoms with Gasteiger partial charge in [0.1, 0.15) is 11.5 Å². The molecule has 3 aromatic carbocycles. The van der Waals surface area contributed by atoms with E-state index in [0.717, 1.165) is 30.6 Å². The van der Waals surface area contributed by atoms with E-state index in [-0.39, 0.29) is 11.7 Å². The van der Waals surface area contributed by atoms with Crippen LogP contribution in [0.15, 0.2) is 92.6 Å². The lowest BCUT2D eigenvalue weighted by molar-refractivity contribution is -0.118. The lowest BCUT2D eigenvalue weighted by atomic mass is 10.2. The van der Waals surface area contributed by atoms with E-state index < -0.39 is 0 Å². The molecule has 0 aliphatic carbocycles. The second-order valence-corrected chi connectivity index (χ2v) is 10.6. The van der Waals surface area contributed by atoms with Crippen LogP contribution in [0.4, 0.5) is 0 Å². The molecule has 0 saturated carbocycles. The molecule has 0 saturated heterocycles. The fourth-order valence-electron chi connectivity index (χ4n) is 2.69. The molecule has 10 heteroatoms. The smallest absolute Gasteiger partial charge is 0.250 e. The summed E-state index contributed by atoms with van der Waals surface area (Å²) in [6.07, 6.45) is 1.58. The molecule has 1 heterocycles. The van der Waals surface area contributed by atoms with E-state index in [9.17, 15) is 4.79 Å². The van der Waals surface area contributed by atoms with Gasteiger partial charge in [-0.25, -0.2) is 5.43 Å². The van der Waals surface area contributed by atoms with E-state index in [4.69, 9.17) is 16.3 Å². The third kappa shape index (κ3) is 7.59. The molecule has 1 amide bonds. The number of nitrogens with zero attached hydrogens (tertiary/aromatic N) is 3. The number of hydrogen-bond acceptors (Lipinski definition) is 8. The topological polar surface area (TPSA) is 76.5 Å². The SMILES string of the molecule is O=C(CSc1nnc(SCc2ccccc2Cl)s1)N/N=C/c1cccc(Oc2ccccc2)c1. The van der Waals surface area contributed by atoms with Crippen LogP contribution in [0.2, 0.25) is 5.02 Å². The van der Waals surface area contributed by atoms with Crippen LogP contribution in [0.25, 0.3) is 0 Å². The maximum atomic E-state index is 12.1. The molecule has 1 aromatic heterocycles. The summed E-state index contributed by atoms with van der Waals surface area (Å²) in [4.78, 5) is 12.1. The second-order valence-electron chi connectivity index (χ2n) is 6.78. The van der Waals surface area contributed by atoms with E-state index in [0.29, 0.717) is 11.5 Å².